The maximum Gasteiger partial charge on any atom is 0.240 e. The molecule has 6 nitrogen and oxygen atoms in total. The minimum atomic E-state index is -0.587. The highest BCUT2D eigenvalue weighted by Crippen LogP contribution is 2.39. The highest BCUT2D eigenvalue weighted by Gasteiger charge is 2.38. The Morgan fingerprint density at radius 3 is 2.58 bits per heavy atom. The summed E-state index contributed by atoms with van der Waals surface area (Å²) in [6, 6.07) is 20.7. The van der Waals surface area contributed by atoms with Gasteiger partial charge in [-0.25, -0.2) is 9.07 Å². The van der Waals surface area contributed by atoms with Crippen LogP contribution in [0.3, 0.4) is 0 Å². The van der Waals surface area contributed by atoms with Crippen molar-refractivity contribution in [3.05, 3.63) is 94.8 Å². The minimum absolute atomic E-state index is 0.225. The Morgan fingerprint density at radius 1 is 1.09 bits per heavy atom. The average molecular weight is 480 g/mol. The zero-order chi connectivity index (χ0) is 22.9. The zero-order valence-corrected chi connectivity index (χ0v) is 19.1. The number of carbonyl (C=O) groups is 1. The summed E-state index contributed by atoms with van der Waals surface area (Å²) >= 11 is 7.53. The molecule has 0 bridgehead atoms. The lowest BCUT2D eigenvalue weighted by Gasteiger charge is -2.33. The smallest absolute Gasteiger partial charge is 0.240 e. The second kappa shape index (κ2) is 8.88. The molecule has 0 fully saturated rings. The van der Waals surface area contributed by atoms with Crippen LogP contribution in [0.1, 0.15) is 17.2 Å². The molecule has 9 heteroatoms. The Balaban J connectivity index is 1.50. The van der Waals surface area contributed by atoms with Gasteiger partial charge >= 0.3 is 0 Å². The van der Waals surface area contributed by atoms with E-state index in [1.54, 1.807) is 22.9 Å². The van der Waals surface area contributed by atoms with E-state index in [1.807, 2.05) is 49.4 Å². The number of thioether (sulfide) groups is 1. The van der Waals surface area contributed by atoms with Crippen molar-refractivity contribution in [2.45, 2.75) is 23.4 Å². The highest BCUT2D eigenvalue weighted by atomic mass is 35.5. The van der Waals surface area contributed by atoms with Crippen molar-refractivity contribution >= 4 is 35.0 Å². The lowest BCUT2D eigenvalue weighted by molar-refractivity contribution is -0.116. The number of hydrogen-bond donors (Lipinski definition) is 2. The summed E-state index contributed by atoms with van der Waals surface area (Å²) in [5.74, 6) is 0.0686. The molecule has 0 spiro atoms. The number of nitrogens with zero attached hydrogens (tertiary/aromatic N) is 3. The van der Waals surface area contributed by atoms with Crippen LogP contribution in [0.5, 0.6) is 0 Å². The molecule has 4 aromatic rings. The number of carbonyl (C=O) groups excluding carboxylic acids is 1. The van der Waals surface area contributed by atoms with Crippen LogP contribution in [0.25, 0.3) is 11.4 Å². The predicted octanol–water partition coefficient (Wildman–Crippen LogP) is 5.44. The third-order valence-electron chi connectivity index (χ3n) is 5.40. The normalized spacial score (nSPS) is 17.2. The molecule has 0 saturated heterocycles. The molecule has 0 radical (unpaired) electrons. The Kier molecular flexibility index (Phi) is 5.78. The topological polar surface area (TPSA) is 71.8 Å². The van der Waals surface area contributed by atoms with Gasteiger partial charge in [0.2, 0.25) is 11.1 Å². The summed E-state index contributed by atoms with van der Waals surface area (Å²) < 4.78 is 15.4. The Labute approximate surface area is 199 Å². The van der Waals surface area contributed by atoms with Gasteiger partial charge in [-0.2, -0.15) is 0 Å². The molecule has 0 saturated carbocycles. The number of hydrogen-bond acceptors (Lipinski definition) is 5. The van der Waals surface area contributed by atoms with Gasteiger partial charge in [0.05, 0.1) is 6.04 Å². The molecule has 2 atom stereocenters. The van der Waals surface area contributed by atoms with Gasteiger partial charge in [0.15, 0.2) is 5.82 Å². The lowest BCUT2D eigenvalue weighted by atomic mass is 10.0. The fourth-order valence-electron chi connectivity index (χ4n) is 3.63. The number of aromatic nitrogens is 3. The number of amides is 1. The van der Waals surface area contributed by atoms with E-state index in [0.717, 1.165) is 16.7 Å². The van der Waals surface area contributed by atoms with Crippen molar-refractivity contribution in [1.82, 2.24) is 14.9 Å². The van der Waals surface area contributed by atoms with E-state index in [2.05, 4.69) is 20.9 Å². The number of halogens is 2. The van der Waals surface area contributed by atoms with Gasteiger partial charge in [-0.3, -0.25) is 4.79 Å². The van der Waals surface area contributed by atoms with Gasteiger partial charge in [-0.05, 0) is 42.3 Å². The first-order valence-corrected chi connectivity index (χ1v) is 11.5. The van der Waals surface area contributed by atoms with E-state index in [9.17, 15) is 9.18 Å². The molecule has 3 aromatic carbocycles. The molecule has 0 unspecified atom stereocenters. The van der Waals surface area contributed by atoms with Gasteiger partial charge in [0.1, 0.15) is 11.1 Å². The van der Waals surface area contributed by atoms with Gasteiger partial charge in [-0.15, -0.1) is 10.2 Å². The van der Waals surface area contributed by atoms with E-state index in [1.165, 1.54) is 23.9 Å². The lowest BCUT2D eigenvalue weighted by Crippen LogP contribution is -2.41. The molecule has 2 heterocycles. The van der Waals surface area contributed by atoms with Crippen LogP contribution in [0.15, 0.2) is 78.0 Å². The predicted molar refractivity (Wildman–Crippen MR) is 128 cm³/mol. The van der Waals surface area contributed by atoms with Crippen molar-refractivity contribution in [3.8, 4) is 11.4 Å². The molecule has 1 amide bonds. The number of aryl methyl sites for hydroxylation is 1. The first-order valence-electron chi connectivity index (χ1n) is 10.3. The van der Waals surface area contributed by atoms with Crippen molar-refractivity contribution in [1.29, 1.82) is 0 Å². The number of fused-ring (bicyclic) bond motifs is 1. The Hall–Kier alpha value is -3.36. The van der Waals surface area contributed by atoms with Gasteiger partial charge in [0.25, 0.3) is 0 Å². The first kappa shape index (κ1) is 21.5. The number of nitrogens with one attached hydrogen (secondary N) is 2. The second-order valence-electron chi connectivity index (χ2n) is 7.66. The zero-order valence-electron chi connectivity index (χ0n) is 17.5. The molecule has 33 heavy (non-hydrogen) atoms. The van der Waals surface area contributed by atoms with Gasteiger partial charge in [-0.1, -0.05) is 71.9 Å². The standard InChI is InChI=1S/C24H19ClFN5OS/c1-14-7-12-18(13-19(14)25)27-23(32)21-20(15-8-10-17(26)11-9-15)30-31-22(28-29-24(31)33-21)16-5-3-2-4-6-16/h2-13,20-21,30H,1H3,(H,27,32)/t20-,21-/m0/s1. The third-order valence-corrected chi connectivity index (χ3v) is 7.02. The van der Waals surface area contributed by atoms with Crippen LogP contribution in [0.2, 0.25) is 5.02 Å². The van der Waals surface area contributed by atoms with E-state index in [-0.39, 0.29) is 11.7 Å². The SMILES string of the molecule is Cc1ccc(NC(=O)[C@H]2Sc3nnc(-c4ccccc4)n3N[C@H]2c2ccc(F)cc2)cc1Cl. The van der Waals surface area contributed by atoms with Crippen molar-refractivity contribution < 1.29 is 9.18 Å². The van der Waals surface area contributed by atoms with Crippen LogP contribution >= 0.6 is 23.4 Å². The summed E-state index contributed by atoms with van der Waals surface area (Å²) in [4.78, 5) is 13.4. The second-order valence-corrected chi connectivity index (χ2v) is 9.17. The average Bonchev–Trinajstić information content (AvgIpc) is 3.25. The van der Waals surface area contributed by atoms with Crippen molar-refractivity contribution in [2.75, 3.05) is 10.7 Å². The molecular weight excluding hydrogens is 461 g/mol. The molecular formula is C24H19ClFN5OS. The van der Waals surface area contributed by atoms with Crippen molar-refractivity contribution in [2.24, 2.45) is 0 Å². The molecule has 5 rings (SSSR count). The van der Waals surface area contributed by atoms with Gasteiger partial charge in [0, 0.05) is 16.3 Å². The fourth-order valence-corrected chi connectivity index (χ4v) is 4.89. The summed E-state index contributed by atoms with van der Waals surface area (Å²) in [6.45, 7) is 1.90. The largest absolute Gasteiger partial charge is 0.325 e. The van der Waals surface area contributed by atoms with Crippen LogP contribution in [0.4, 0.5) is 10.1 Å². The first-order chi connectivity index (χ1) is 16.0. The summed E-state index contributed by atoms with van der Waals surface area (Å²) in [5, 5.41) is 12.1. The van der Waals surface area contributed by atoms with Crippen LogP contribution in [0, 0.1) is 12.7 Å². The maximum absolute atomic E-state index is 13.6. The molecule has 1 aliphatic heterocycles. The van der Waals surface area contributed by atoms with Crippen LogP contribution < -0.4 is 10.7 Å². The van der Waals surface area contributed by atoms with Crippen LogP contribution in [-0.2, 0) is 4.79 Å². The number of rotatable bonds is 4. The number of anilines is 1. The van der Waals surface area contributed by atoms with E-state index in [0.29, 0.717) is 21.7 Å². The van der Waals surface area contributed by atoms with Crippen molar-refractivity contribution in [3.63, 3.8) is 0 Å². The Morgan fingerprint density at radius 2 is 1.85 bits per heavy atom. The monoisotopic (exact) mass is 479 g/mol. The fraction of sp³-hybridized carbons (Fsp3) is 0.125. The van der Waals surface area contributed by atoms with E-state index >= 15 is 0 Å². The summed E-state index contributed by atoms with van der Waals surface area (Å²) in [5.41, 5.74) is 6.56. The molecule has 1 aromatic heterocycles. The third kappa shape index (κ3) is 4.31. The Bertz CT molecular complexity index is 1310. The van der Waals surface area contributed by atoms with E-state index < -0.39 is 11.3 Å². The molecule has 2 N–H and O–H groups in total. The summed E-state index contributed by atoms with van der Waals surface area (Å²) in [6.07, 6.45) is 0. The van der Waals surface area contributed by atoms with Gasteiger partial charge < -0.3 is 10.7 Å². The molecule has 0 aliphatic carbocycles. The number of benzene rings is 3. The van der Waals surface area contributed by atoms with Crippen LogP contribution in [-0.4, -0.2) is 26.0 Å². The minimum Gasteiger partial charge on any atom is -0.325 e. The quantitative estimate of drug-likeness (QED) is 0.407. The highest BCUT2D eigenvalue weighted by molar-refractivity contribution is 8.00. The summed E-state index contributed by atoms with van der Waals surface area (Å²) in [7, 11) is 0. The molecule has 1 aliphatic rings. The van der Waals surface area contributed by atoms with E-state index in [4.69, 9.17) is 11.6 Å². The maximum atomic E-state index is 13.6. The molecule has 166 valence electrons.